The fourth-order valence-electron chi connectivity index (χ4n) is 2.47. The van der Waals surface area contributed by atoms with E-state index in [4.69, 9.17) is 25.8 Å². The van der Waals surface area contributed by atoms with Crippen LogP contribution in [0.2, 0.25) is 5.02 Å². The standard InChI is InChI=1S/C17H15ClFN3O3/c1-23-13-7-10-14(16(25-3)15(13)24-2)20-8-21-17(10)22-9-4-5-12(19)11(18)6-9/h4-8H,1-3H3,(H,20,21,22). The number of rotatable bonds is 5. The summed E-state index contributed by atoms with van der Waals surface area (Å²) in [6.45, 7) is 0. The summed E-state index contributed by atoms with van der Waals surface area (Å²) in [5.41, 5.74) is 1.13. The summed E-state index contributed by atoms with van der Waals surface area (Å²) >= 11 is 5.83. The number of anilines is 2. The number of hydrogen-bond donors (Lipinski definition) is 1. The highest BCUT2D eigenvalue weighted by atomic mass is 35.5. The fraction of sp³-hybridized carbons (Fsp3) is 0.176. The monoisotopic (exact) mass is 363 g/mol. The van der Waals surface area contributed by atoms with E-state index in [1.807, 2.05) is 0 Å². The van der Waals surface area contributed by atoms with E-state index in [2.05, 4.69) is 15.3 Å². The molecule has 1 aromatic heterocycles. The first-order valence-electron chi connectivity index (χ1n) is 7.24. The number of nitrogens with zero attached hydrogens (tertiary/aromatic N) is 2. The van der Waals surface area contributed by atoms with Crippen LogP contribution in [0.5, 0.6) is 17.2 Å². The second kappa shape index (κ2) is 6.98. The van der Waals surface area contributed by atoms with Gasteiger partial charge in [-0.05, 0) is 24.3 Å². The van der Waals surface area contributed by atoms with Gasteiger partial charge >= 0.3 is 0 Å². The largest absolute Gasteiger partial charge is 0.493 e. The predicted octanol–water partition coefficient (Wildman–Crippen LogP) is 4.19. The summed E-state index contributed by atoms with van der Waals surface area (Å²) in [6.07, 6.45) is 1.39. The average Bonchev–Trinajstić information content (AvgIpc) is 2.63. The zero-order chi connectivity index (χ0) is 18.0. The maximum atomic E-state index is 13.3. The van der Waals surface area contributed by atoms with Crippen molar-refractivity contribution >= 4 is 34.0 Å². The second-order valence-electron chi connectivity index (χ2n) is 5.02. The molecule has 0 aliphatic carbocycles. The molecule has 1 N–H and O–H groups in total. The second-order valence-corrected chi connectivity index (χ2v) is 5.42. The van der Waals surface area contributed by atoms with Crippen LogP contribution >= 0.6 is 11.6 Å². The van der Waals surface area contributed by atoms with Gasteiger partial charge in [0.25, 0.3) is 0 Å². The molecule has 0 spiro atoms. The molecule has 2 aromatic carbocycles. The van der Waals surface area contributed by atoms with Crippen LogP contribution in [0, 0.1) is 5.82 Å². The normalized spacial score (nSPS) is 10.6. The molecule has 0 atom stereocenters. The average molecular weight is 364 g/mol. The van der Waals surface area contributed by atoms with Crippen molar-refractivity contribution in [3.8, 4) is 17.2 Å². The van der Waals surface area contributed by atoms with Gasteiger partial charge in [-0.15, -0.1) is 0 Å². The number of aromatic nitrogens is 2. The van der Waals surface area contributed by atoms with Crippen LogP contribution in [0.1, 0.15) is 0 Å². The smallest absolute Gasteiger partial charge is 0.205 e. The van der Waals surface area contributed by atoms with E-state index < -0.39 is 5.82 Å². The lowest BCUT2D eigenvalue weighted by atomic mass is 10.1. The number of hydrogen-bond acceptors (Lipinski definition) is 6. The maximum Gasteiger partial charge on any atom is 0.205 e. The Kier molecular flexibility index (Phi) is 4.76. The van der Waals surface area contributed by atoms with Crippen LogP contribution in [-0.4, -0.2) is 31.3 Å². The van der Waals surface area contributed by atoms with E-state index in [9.17, 15) is 4.39 Å². The summed E-state index contributed by atoms with van der Waals surface area (Å²) in [5.74, 6) is 1.34. The van der Waals surface area contributed by atoms with E-state index in [1.54, 1.807) is 12.1 Å². The number of fused-ring (bicyclic) bond motifs is 1. The van der Waals surface area contributed by atoms with Gasteiger partial charge in [0.05, 0.1) is 31.7 Å². The molecule has 0 bridgehead atoms. The molecule has 0 unspecified atom stereocenters. The van der Waals surface area contributed by atoms with Crippen molar-refractivity contribution in [2.75, 3.05) is 26.6 Å². The van der Waals surface area contributed by atoms with Gasteiger partial charge in [0.15, 0.2) is 11.5 Å². The molecular formula is C17H15ClFN3O3. The summed E-state index contributed by atoms with van der Waals surface area (Å²) in [5, 5.41) is 3.77. The van der Waals surface area contributed by atoms with Crippen molar-refractivity contribution in [2.45, 2.75) is 0 Å². The lowest BCUT2D eigenvalue weighted by molar-refractivity contribution is 0.327. The molecule has 130 valence electrons. The molecule has 0 aliphatic heterocycles. The minimum absolute atomic E-state index is 0.0141. The first kappa shape index (κ1) is 17.0. The highest BCUT2D eigenvalue weighted by molar-refractivity contribution is 6.31. The van der Waals surface area contributed by atoms with Crippen molar-refractivity contribution in [1.82, 2.24) is 9.97 Å². The molecule has 0 radical (unpaired) electrons. The Hall–Kier alpha value is -2.80. The third-order valence-electron chi connectivity index (χ3n) is 3.61. The van der Waals surface area contributed by atoms with Crippen LogP contribution in [0.25, 0.3) is 10.9 Å². The molecule has 0 amide bonds. The topological polar surface area (TPSA) is 65.5 Å². The van der Waals surface area contributed by atoms with Gasteiger partial charge in [0.1, 0.15) is 23.5 Å². The molecule has 0 saturated carbocycles. The van der Waals surface area contributed by atoms with Crippen LogP contribution < -0.4 is 19.5 Å². The molecule has 1 heterocycles. The van der Waals surface area contributed by atoms with E-state index >= 15 is 0 Å². The maximum absolute atomic E-state index is 13.3. The molecule has 3 rings (SSSR count). The van der Waals surface area contributed by atoms with Gasteiger partial charge in [-0.2, -0.15) is 0 Å². The number of ether oxygens (including phenoxy) is 3. The Bertz CT molecular complexity index is 937. The Morgan fingerprint density at radius 3 is 2.40 bits per heavy atom. The zero-order valence-electron chi connectivity index (χ0n) is 13.8. The third kappa shape index (κ3) is 3.10. The Labute approximate surface area is 148 Å². The summed E-state index contributed by atoms with van der Waals surface area (Å²) in [6, 6.07) is 6.05. The first-order chi connectivity index (χ1) is 12.1. The number of benzene rings is 2. The lowest BCUT2D eigenvalue weighted by Gasteiger charge is -2.16. The van der Waals surface area contributed by atoms with Crippen molar-refractivity contribution < 1.29 is 18.6 Å². The highest BCUT2D eigenvalue weighted by Gasteiger charge is 2.19. The molecule has 25 heavy (non-hydrogen) atoms. The zero-order valence-corrected chi connectivity index (χ0v) is 14.5. The molecule has 8 heteroatoms. The molecule has 6 nitrogen and oxygen atoms in total. The fourth-order valence-corrected chi connectivity index (χ4v) is 2.65. The number of nitrogens with one attached hydrogen (secondary N) is 1. The molecule has 3 aromatic rings. The molecular weight excluding hydrogens is 349 g/mol. The minimum atomic E-state index is -0.493. The van der Waals surface area contributed by atoms with E-state index in [-0.39, 0.29) is 5.02 Å². The number of methoxy groups -OCH3 is 3. The van der Waals surface area contributed by atoms with E-state index in [0.29, 0.717) is 39.7 Å². The lowest BCUT2D eigenvalue weighted by Crippen LogP contribution is -2.01. The Morgan fingerprint density at radius 2 is 1.76 bits per heavy atom. The van der Waals surface area contributed by atoms with Crippen molar-refractivity contribution in [2.24, 2.45) is 0 Å². The minimum Gasteiger partial charge on any atom is -0.493 e. The van der Waals surface area contributed by atoms with Crippen molar-refractivity contribution in [1.29, 1.82) is 0 Å². The summed E-state index contributed by atoms with van der Waals surface area (Å²) < 4.78 is 29.5. The van der Waals surface area contributed by atoms with Crippen LogP contribution in [-0.2, 0) is 0 Å². The van der Waals surface area contributed by atoms with Crippen LogP contribution in [0.15, 0.2) is 30.6 Å². The quantitative estimate of drug-likeness (QED) is 0.733. The third-order valence-corrected chi connectivity index (χ3v) is 3.90. The van der Waals surface area contributed by atoms with Gasteiger partial charge in [-0.1, -0.05) is 11.6 Å². The van der Waals surface area contributed by atoms with Gasteiger partial charge in [-0.3, -0.25) is 0 Å². The van der Waals surface area contributed by atoms with E-state index in [1.165, 1.54) is 39.8 Å². The highest BCUT2D eigenvalue weighted by Crippen LogP contribution is 2.44. The predicted molar refractivity (Wildman–Crippen MR) is 93.9 cm³/mol. The molecule has 0 aliphatic rings. The van der Waals surface area contributed by atoms with Gasteiger partial charge in [0, 0.05) is 5.69 Å². The molecule has 0 saturated heterocycles. The summed E-state index contributed by atoms with van der Waals surface area (Å²) in [7, 11) is 4.57. The summed E-state index contributed by atoms with van der Waals surface area (Å²) in [4.78, 5) is 8.52. The van der Waals surface area contributed by atoms with Crippen LogP contribution in [0.3, 0.4) is 0 Å². The van der Waals surface area contributed by atoms with Gasteiger partial charge in [-0.25, -0.2) is 14.4 Å². The van der Waals surface area contributed by atoms with Crippen molar-refractivity contribution in [3.63, 3.8) is 0 Å². The number of halogens is 2. The van der Waals surface area contributed by atoms with Gasteiger partial charge in [0.2, 0.25) is 5.75 Å². The molecule has 0 fully saturated rings. The Morgan fingerprint density at radius 1 is 1.00 bits per heavy atom. The van der Waals surface area contributed by atoms with Gasteiger partial charge < -0.3 is 19.5 Å². The Balaban J connectivity index is 2.17. The first-order valence-corrected chi connectivity index (χ1v) is 7.62. The van der Waals surface area contributed by atoms with Crippen LogP contribution in [0.4, 0.5) is 15.9 Å². The van der Waals surface area contributed by atoms with E-state index in [0.717, 1.165) is 0 Å². The SMILES string of the molecule is COc1cc2c(Nc3ccc(F)c(Cl)c3)ncnc2c(OC)c1OC. The van der Waals surface area contributed by atoms with Crippen molar-refractivity contribution in [3.05, 3.63) is 41.4 Å².